The fourth-order valence-electron chi connectivity index (χ4n) is 4.19. The van der Waals surface area contributed by atoms with Gasteiger partial charge in [0.1, 0.15) is 10.8 Å². The summed E-state index contributed by atoms with van der Waals surface area (Å²) in [7, 11) is 1.64. The highest BCUT2D eigenvalue weighted by molar-refractivity contribution is 7.13. The molecule has 0 spiro atoms. The lowest BCUT2D eigenvalue weighted by Gasteiger charge is -2.34. The van der Waals surface area contributed by atoms with E-state index >= 15 is 0 Å². The van der Waals surface area contributed by atoms with Crippen molar-refractivity contribution >= 4 is 28.1 Å². The summed E-state index contributed by atoms with van der Waals surface area (Å²) in [4.78, 5) is 27.0. The number of carbonyl (C=O) groups excluding carboxylic acids is 1. The number of nitrogens with zero attached hydrogens (tertiary/aromatic N) is 4. The normalized spacial score (nSPS) is 14.5. The number of benzene rings is 2. The third-order valence-corrected chi connectivity index (χ3v) is 7.00. The molecule has 2 aromatic carbocycles. The molecule has 3 heterocycles. The second-order valence-electron chi connectivity index (χ2n) is 8.26. The van der Waals surface area contributed by atoms with Gasteiger partial charge in [-0.25, -0.2) is 4.98 Å². The number of methoxy groups -OCH3 is 1. The monoisotopic (exact) mass is 458 g/mol. The molecule has 4 aromatic rings. The molecular formula is C26H26N4O2S. The van der Waals surface area contributed by atoms with Crippen molar-refractivity contribution in [1.82, 2.24) is 19.8 Å². The molecule has 1 aliphatic heterocycles. The van der Waals surface area contributed by atoms with E-state index in [1.54, 1.807) is 18.4 Å². The Labute approximate surface area is 197 Å². The van der Waals surface area contributed by atoms with Crippen molar-refractivity contribution < 1.29 is 9.53 Å². The Kier molecular flexibility index (Phi) is 6.07. The molecule has 0 unspecified atom stereocenters. The number of fused-ring (bicyclic) bond motifs is 1. The average molecular weight is 459 g/mol. The Hall–Kier alpha value is -3.29. The van der Waals surface area contributed by atoms with Gasteiger partial charge in [-0.2, -0.15) is 0 Å². The van der Waals surface area contributed by atoms with Crippen LogP contribution < -0.4 is 4.74 Å². The van der Waals surface area contributed by atoms with E-state index in [1.165, 1.54) is 0 Å². The molecule has 0 N–H and O–H groups in total. The van der Waals surface area contributed by atoms with E-state index in [2.05, 4.69) is 27.4 Å². The average Bonchev–Trinajstić information content (AvgIpc) is 3.32. The lowest BCUT2D eigenvalue weighted by atomic mass is 10.1. The van der Waals surface area contributed by atoms with Gasteiger partial charge in [-0.1, -0.05) is 30.3 Å². The number of thiazole rings is 1. The van der Waals surface area contributed by atoms with E-state index in [0.29, 0.717) is 18.7 Å². The quantitative estimate of drug-likeness (QED) is 0.436. The number of hydrogen-bond acceptors (Lipinski definition) is 6. The van der Waals surface area contributed by atoms with Gasteiger partial charge in [0.25, 0.3) is 5.91 Å². The Balaban J connectivity index is 1.23. The van der Waals surface area contributed by atoms with Crippen molar-refractivity contribution in [2.24, 2.45) is 0 Å². The molecule has 1 fully saturated rings. The minimum Gasteiger partial charge on any atom is -0.497 e. The van der Waals surface area contributed by atoms with Crippen LogP contribution >= 0.6 is 11.3 Å². The van der Waals surface area contributed by atoms with Crippen LogP contribution in [-0.4, -0.2) is 59.0 Å². The maximum atomic E-state index is 13.2. The number of hydrogen-bond donors (Lipinski definition) is 0. The number of pyridine rings is 1. The van der Waals surface area contributed by atoms with E-state index in [9.17, 15) is 4.79 Å². The van der Waals surface area contributed by atoms with Gasteiger partial charge >= 0.3 is 0 Å². The first-order valence-electron chi connectivity index (χ1n) is 11.1. The summed E-state index contributed by atoms with van der Waals surface area (Å²) >= 11 is 1.68. The van der Waals surface area contributed by atoms with Crippen LogP contribution in [0.25, 0.3) is 21.5 Å². The van der Waals surface area contributed by atoms with E-state index in [0.717, 1.165) is 58.2 Å². The summed E-state index contributed by atoms with van der Waals surface area (Å²) in [5, 5.41) is 4.14. The molecule has 2 aromatic heterocycles. The largest absolute Gasteiger partial charge is 0.497 e. The maximum absolute atomic E-state index is 13.2. The van der Waals surface area contributed by atoms with E-state index in [1.807, 2.05) is 54.3 Å². The Morgan fingerprint density at radius 1 is 1.03 bits per heavy atom. The second kappa shape index (κ2) is 9.29. The molecule has 0 bridgehead atoms. The second-order valence-corrected chi connectivity index (χ2v) is 9.12. The molecule has 0 atom stereocenters. The maximum Gasteiger partial charge on any atom is 0.255 e. The molecular weight excluding hydrogens is 432 g/mol. The fourth-order valence-corrected chi connectivity index (χ4v) is 5.01. The molecule has 6 nitrogen and oxygen atoms in total. The molecule has 0 radical (unpaired) electrons. The van der Waals surface area contributed by atoms with Crippen molar-refractivity contribution in [3.05, 3.63) is 76.9 Å². The SMILES string of the molecule is COc1ccc2cc(C(=O)N3CCN(Cc4csc(-c5ccccc5)n4)CC3)c(C)nc2c1. The predicted molar refractivity (Wildman–Crippen MR) is 132 cm³/mol. The molecule has 1 saturated heterocycles. The zero-order chi connectivity index (χ0) is 22.8. The van der Waals surface area contributed by atoms with Gasteiger partial charge in [0.15, 0.2) is 0 Å². The van der Waals surface area contributed by atoms with Crippen LogP contribution in [0.1, 0.15) is 21.7 Å². The molecule has 0 aliphatic carbocycles. The molecule has 168 valence electrons. The first-order valence-corrected chi connectivity index (χ1v) is 12.0. The molecule has 0 saturated carbocycles. The smallest absolute Gasteiger partial charge is 0.255 e. The highest BCUT2D eigenvalue weighted by Gasteiger charge is 2.24. The lowest BCUT2D eigenvalue weighted by Crippen LogP contribution is -2.48. The number of piperazine rings is 1. The topological polar surface area (TPSA) is 58.6 Å². The number of aryl methyl sites for hydroxylation is 1. The Morgan fingerprint density at radius 3 is 2.58 bits per heavy atom. The number of aromatic nitrogens is 2. The minimum absolute atomic E-state index is 0.0531. The molecule has 7 heteroatoms. The van der Waals surface area contributed by atoms with Crippen LogP contribution in [0.5, 0.6) is 5.75 Å². The third kappa shape index (κ3) is 4.60. The molecule has 1 aliphatic rings. The van der Waals surface area contributed by atoms with E-state index in [4.69, 9.17) is 9.72 Å². The van der Waals surface area contributed by atoms with Crippen LogP contribution in [-0.2, 0) is 6.54 Å². The van der Waals surface area contributed by atoms with Gasteiger partial charge in [0.05, 0.1) is 29.6 Å². The predicted octanol–water partition coefficient (Wildman–Crippen LogP) is 4.63. The van der Waals surface area contributed by atoms with Gasteiger partial charge in [-0.05, 0) is 25.1 Å². The Morgan fingerprint density at radius 2 is 1.82 bits per heavy atom. The molecule has 1 amide bonds. The van der Waals surface area contributed by atoms with Crippen molar-refractivity contribution in [3.63, 3.8) is 0 Å². The summed E-state index contributed by atoms with van der Waals surface area (Å²) in [6.45, 7) is 5.78. The van der Waals surface area contributed by atoms with Crippen molar-refractivity contribution in [3.8, 4) is 16.3 Å². The summed E-state index contributed by atoms with van der Waals surface area (Å²) in [5.74, 6) is 0.818. The number of carbonyl (C=O) groups is 1. The summed E-state index contributed by atoms with van der Waals surface area (Å²) in [6, 6.07) is 18.0. The van der Waals surface area contributed by atoms with Gasteiger partial charge in [-0.3, -0.25) is 14.7 Å². The highest BCUT2D eigenvalue weighted by Crippen LogP contribution is 2.25. The third-order valence-electron chi connectivity index (χ3n) is 6.06. The summed E-state index contributed by atoms with van der Waals surface area (Å²) in [5.41, 5.74) is 4.50. The van der Waals surface area contributed by atoms with E-state index in [-0.39, 0.29) is 5.91 Å². The van der Waals surface area contributed by atoms with Gasteiger partial charge in [-0.15, -0.1) is 11.3 Å². The van der Waals surface area contributed by atoms with Gasteiger partial charge < -0.3 is 9.64 Å². The number of ether oxygens (including phenoxy) is 1. The first-order chi connectivity index (χ1) is 16.1. The number of amides is 1. The fraction of sp³-hybridized carbons (Fsp3) is 0.269. The van der Waals surface area contributed by atoms with Gasteiger partial charge in [0, 0.05) is 55.1 Å². The number of rotatable bonds is 5. The molecule has 5 rings (SSSR count). The summed E-state index contributed by atoms with van der Waals surface area (Å²) in [6.07, 6.45) is 0. The Bertz CT molecular complexity index is 1280. The summed E-state index contributed by atoms with van der Waals surface area (Å²) < 4.78 is 5.29. The molecule has 33 heavy (non-hydrogen) atoms. The van der Waals surface area contributed by atoms with Crippen LogP contribution in [0.15, 0.2) is 60.0 Å². The van der Waals surface area contributed by atoms with Crippen LogP contribution in [0.4, 0.5) is 0 Å². The first kappa shape index (κ1) is 21.6. The van der Waals surface area contributed by atoms with Gasteiger partial charge in [0.2, 0.25) is 0 Å². The lowest BCUT2D eigenvalue weighted by molar-refractivity contribution is 0.0626. The van der Waals surface area contributed by atoms with E-state index < -0.39 is 0 Å². The zero-order valence-corrected chi connectivity index (χ0v) is 19.6. The van der Waals surface area contributed by atoms with Crippen LogP contribution in [0.3, 0.4) is 0 Å². The van der Waals surface area contributed by atoms with Crippen molar-refractivity contribution in [2.75, 3.05) is 33.3 Å². The van der Waals surface area contributed by atoms with Crippen LogP contribution in [0.2, 0.25) is 0 Å². The van der Waals surface area contributed by atoms with Crippen molar-refractivity contribution in [1.29, 1.82) is 0 Å². The van der Waals surface area contributed by atoms with Crippen LogP contribution in [0, 0.1) is 6.92 Å². The minimum atomic E-state index is 0.0531. The highest BCUT2D eigenvalue weighted by atomic mass is 32.1. The zero-order valence-electron chi connectivity index (χ0n) is 18.8. The van der Waals surface area contributed by atoms with Crippen molar-refractivity contribution in [2.45, 2.75) is 13.5 Å². The standard InChI is InChI=1S/C26H26N4O2S/c1-18-23(14-20-8-9-22(32-2)15-24(20)27-18)26(31)30-12-10-29(11-13-30)16-21-17-33-25(28-21)19-6-4-3-5-7-19/h3-9,14-15,17H,10-13,16H2,1-2H3.